The number of hydrogen-bond donors (Lipinski definition) is 1. The van der Waals surface area contributed by atoms with Crippen molar-refractivity contribution in [1.82, 2.24) is 10.2 Å². The first-order valence-electron chi connectivity index (χ1n) is 12.0. The summed E-state index contributed by atoms with van der Waals surface area (Å²) in [6.07, 6.45) is 0.391. The van der Waals surface area contributed by atoms with Crippen LogP contribution in [-0.4, -0.2) is 35.9 Å². The Kier molecular flexibility index (Phi) is 9.74. The van der Waals surface area contributed by atoms with Gasteiger partial charge in [-0.05, 0) is 53.8 Å². The Morgan fingerprint density at radius 3 is 2.26 bits per heavy atom. The van der Waals surface area contributed by atoms with Gasteiger partial charge in [-0.3, -0.25) is 9.59 Å². The number of rotatable bonds is 11. The highest BCUT2D eigenvalue weighted by atomic mass is 35.5. The average molecular weight is 493 g/mol. The summed E-state index contributed by atoms with van der Waals surface area (Å²) >= 11 is 6.20. The number of carbonyl (C=O) groups is 2. The van der Waals surface area contributed by atoms with Crippen LogP contribution in [0.25, 0.3) is 0 Å². The fourth-order valence-electron chi connectivity index (χ4n) is 3.85. The van der Waals surface area contributed by atoms with Crippen LogP contribution in [-0.2, 0) is 22.6 Å². The van der Waals surface area contributed by atoms with Gasteiger partial charge in [0, 0.05) is 24.5 Å². The number of hydrogen-bond acceptors (Lipinski definition) is 3. The van der Waals surface area contributed by atoms with Gasteiger partial charge in [-0.15, -0.1) is 0 Å². The fraction of sp³-hybridized carbons (Fsp3) is 0.310. The van der Waals surface area contributed by atoms with E-state index in [-0.39, 0.29) is 25.0 Å². The Morgan fingerprint density at radius 1 is 0.943 bits per heavy atom. The Hall–Kier alpha value is -3.31. The molecule has 35 heavy (non-hydrogen) atoms. The molecule has 6 heteroatoms. The number of likely N-dealkylation sites (N-methyl/N-ethyl adjacent to an activating group) is 1. The highest BCUT2D eigenvalue weighted by molar-refractivity contribution is 6.30. The van der Waals surface area contributed by atoms with Gasteiger partial charge >= 0.3 is 0 Å². The second-order valence-electron chi connectivity index (χ2n) is 8.76. The van der Waals surface area contributed by atoms with Gasteiger partial charge in [0.25, 0.3) is 5.91 Å². The molecule has 3 aromatic rings. The topological polar surface area (TPSA) is 58.6 Å². The van der Waals surface area contributed by atoms with Crippen molar-refractivity contribution in [2.45, 2.75) is 45.7 Å². The van der Waals surface area contributed by atoms with E-state index < -0.39 is 6.04 Å². The molecule has 0 aromatic heterocycles. The van der Waals surface area contributed by atoms with Gasteiger partial charge in [-0.25, -0.2) is 0 Å². The van der Waals surface area contributed by atoms with Gasteiger partial charge in [0.15, 0.2) is 6.61 Å². The molecule has 0 aliphatic rings. The number of ether oxygens (including phenoxy) is 1. The van der Waals surface area contributed by atoms with Crippen LogP contribution in [0.1, 0.15) is 43.4 Å². The molecule has 2 amide bonds. The smallest absolute Gasteiger partial charge is 0.261 e. The molecule has 0 aliphatic heterocycles. The Labute approximate surface area is 213 Å². The standard InChI is InChI=1S/C29H33ClN2O3/c1-4-31-29(34)27(18-22-9-6-5-7-10-22)32(19-23-11-8-12-25(30)17-23)28(33)20-35-26-15-13-24(14-16-26)21(2)3/h5-17,21,27H,4,18-20H2,1-3H3,(H,31,34)/t27-/m1/s1. The van der Waals surface area contributed by atoms with E-state index in [4.69, 9.17) is 16.3 Å². The Bertz CT molecular complexity index is 1100. The molecular formula is C29H33ClN2O3. The third-order valence-corrected chi connectivity index (χ3v) is 6.01. The quantitative estimate of drug-likeness (QED) is 0.378. The SMILES string of the molecule is CCNC(=O)[C@@H](Cc1ccccc1)N(Cc1cccc(Cl)c1)C(=O)COc1ccc(C(C)C)cc1. The van der Waals surface area contributed by atoms with Gasteiger partial charge in [0.1, 0.15) is 11.8 Å². The van der Waals surface area contributed by atoms with E-state index in [9.17, 15) is 9.59 Å². The summed E-state index contributed by atoms with van der Waals surface area (Å²) in [7, 11) is 0. The lowest BCUT2D eigenvalue weighted by molar-refractivity contribution is -0.142. The van der Waals surface area contributed by atoms with Crippen LogP contribution < -0.4 is 10.1 Å². The van der Waals surface area contributed by atoms with E-state index in [0.717, 1.165) is 11.1 Å². The van der Waals surface area contributed by atoms with Gasteiger partial charge in [0.05, 0.1) is 0 Å². The maximum absolute atomic E-state index is 13.5. The molecule has 1 N–H and O–H groups in total. The van der Waals surface area contributed by atoms with Crippen LogP contribution in [0, 0.1) is 0 Å². The molecule has 3 aromatic carbocycles. The van der Waals surface area contributed by atoms with Gasteiger partial charge in [-0.1, -0.05) is 80.0 Å². The molecule has 0 fully saturated rings. The molecule has 0 unspecified atom stereocenters. The number of nitrogens with one attached hydrogen (secondary N) is 1. The zero-order chi connectivity index (χ0) is 25.2. The van der Waals surface area contributed by atoms with E-state index in [1.807, 2.05) is 79.7 Å². The molecule has 3 rings (SSSR count). The summed E-state index contributed by atoms with van der Waals surface area (Å²) in [4.78, 5) is 28.3. The highest BCUT2D eigenvalue weighted by Gasteiger charge is 2.30. The minimum Gasteiger partial charge on any atom is -0.484 e. The Morgan fingerprint density at radius 2 is 1.63 bits per heavy atom. The van der Waals surface area contributed by atoms with Crippen molar-refractivity contribution < 1.29 is 14.3 Å². The third kappa shape index (κ3) is 7.86. The Balaban J connectivity index is 1.86. The molecule has 0 heterocycles. The normalized spacial score (nSPS) is 11.7. The van der Waals surface area contributed by atoms with E-state index in [1.165, 1.54) is 5.56 Å². The molecule has 5 nitrogen and oxygen atoms in total. The first-order valence-corrected chi connectivity index (χ1v) is 12.3. The summed E-state index contributed by atoms with van der Waals surface area (Å²) in [5.74, 6) is 0.552. The minimum absolute atomic E-state index is 0.174. The van der Waals surface area contributed by atoms with Crippen molar-refractivity contribution in [2.75, 3.05) is 13.2 Å². The van der Waals surface area contributed by atoms with Crippen LogP contribution >= 0.6 is 11.6 Å². The van der Waals surface area contributed by atoms with Gasteiger partial charge in [-0.2, -0.15) is 0 Å². The predicted molar refractivity (Wildman–Crippen MR) is 141 cm³/mol. The van der Waals surface area contributed by atoms with Crippen molar-refractivity contribution in [3.8, 4) is 5.75 Å². The molecule has 1 atom stereocenters. The van der Waals surface area contributed by atoms with Crippen molar-refractivity contribution >= 4 is 23.4 Å². The zero-order valence-electron chi connectivity index (χ0n) is 20.5. The van der Waals surface area contributed by atoms with Crippen LogP contribution in [0.5, 0.6) is 5.75 Å². The van der Waals surface area contributed by atoms with Crippen molar-refractivity contribution in [2.24, 2.45) is 0 Å². The molecule has 0 saturated carbocycles. The summed E-state index contributed by atoms with van der Waals surface area (Å²) < 4.78 is 5.84. The van der Waals surface area contributed by atoms with E-state index in [2.05, 4.69) is 19.2 Å². The first-order chi connectivity index (χ1) is 16.9. The summed E-state index contributed by atoms with van der Waals surface area (Å²) in [6, 6.07) is 24.1. The van der Waals surface area contributed by atoms with Crippen LogP contribution in [0.15, 0.2) is 78.9 Å². The number of amides is 2. The van der Waals surface area contributed by atoms with Crippen LogP contribution in [0.4, 0.5) is 0 Å². The maximum Gasteiger partial charge on any atom is 0.261 e. The fourth-order valence-corrected chi connectivity index (χ4v) is 4.07. The second-order valence-corrected chi connectivity index (χ2v) is 9.20. The van der Waals surface area contributed by atoms with E-state index in [0.29, 0.717) is 29.7 Å². The van der Waals surface area contributed by atoms with Crippen molar-refractivity contribution in [3.63, 3.8) is 0 Å². The van der Waals surface area contributed by atoms with Gasteiger partial charge < -0.3 is 15.0 Å². The highest BCUT2D eigenvalue weighted by Crippen LogP contribution is 2.20. The largest absolute Gasteiger partial charge is 0.484 e. The summed E-state index contributed by atoms with van der Waals surface area (Å²) in [6.45, 7) is 6.66. The summed E-state index contributed by atoms with van der Waals surface area (Å²) in [5.41, 5.74) is 3.01. The van der Waals surface area contributed by atoms with Crippen molar-refractivity contribution in [1.29, 1.82) is 0 Å². The molecule has 0 bridgehead atoms. The molecule has 0 radical (unpaired) electrons. The molecule has 0 spiro atoms. The maximum atomic E-state index is 13.5. The van der Waals surface area contributed by atoms with Crippen LogP contribution in [0.3, 0.4) is 0 Å². The average Bonchev–Trinajstić information content (AvgIpc) is 2.85. The number of benzene rings is 3. The molecular weight excluding hydrogens is 460 g/mol. The minimum atomic E-state index is -0.698. The van der Waals surface area contributed by atoms with Crippen LogP contribution in [0.2, 0.25) is 5.02 Å². The zero-order valence-corrected chi connectivity index (χ0v) is 21.3. The number of halogens is 1. The van der Waals surface area contributed by atoms with E-state index in [1.54, 1.807) is 11.0 Å². The first kappa shape index (κ1) is 26.3. The second kappa shape index (κ2) is 13.0. The van der Waals surface area contributed by atoms with Gasteiger partial charge in [0.2, 0.25) is 5.91 Å². The monoisotopic (exact) mass is 492 g/mol. The van der Waals surface area contributed by atoms with Crippen molar-refractivity contribution in [3.05, 3.63) is 101 Å². The molecule has 0 saturated heterocycles. The number of carbonyl (C=O) groups excluding carboxylic acids is 2. The lowest BCUT2D eigenvalue weighted by Crippen LogP contribution is -2.51. The lowest BCUT2D eigenvalue weighted by atomic mass is 10.0. The molecule has 0 aliphatic carbocycles. The summed E-state index contributed by atoms with van der Waals surface area (Å²) in [5, 5.41) is 3.47. The number of nitrogens with zero attached hydrogens (tertiary/aromatic N) is 1. The lowest BCUT2D eigenvalue weighted by Gasteiger charge is -2.31. The molecule has 184 valence electrons. The van der Waals surface area contributed by atoms with E-state index >= 15 is 0 Å². The third-order valence-electron chi connectivity index (χ3n) is 5.77. The predicted octanol–water partition coefficient (Wildman–Crippen LogP) is 5.62.